The molecule has 0 aliphatic heterocycles. The SMILES string of the molecule is COCCn1ccc(NC(=O)CC2(O)CCCCC2)n1. The maximum Gasteiger partial charge on any atom is 0.228 e. The third kappa shape index (κ3) is 4.31. The molecule has 1 aliphatic carbocycles. The molecular formula is C14H23N3O3. The number of carbonyl (C=O) groups excluding carboxylic acids is 1. The number of aromatic nitrogens is 2. The number of aliphatic hydroxyl groups is 1. The van der Waals surface area contributed by atoms with E-state index in [4.69, 9.17) is 4.74 Å². The second-order valence-electron chi connectivity index (χ2n) is 5.47. The van der Waals surface area contributed by atoms with Crippen LogP contribution in [-0.4, -0.2) is 40.1 Å². The number of anilines is 1. The molecule has 1 saturated carbocycles. The maximum absolute atomic E-state index is 12.0. The second-order valence-corrected chi connectivity index (χ2v) is 5.47. The Morgan fingerprint density at radius 3 is 2.95 bits per heavy atom. The van der Waals surface area contributed by atoms with Crippen molar-refractivity contribution in [3.05, 3.63) is 12.3 Å². The van der Waals surface area contributed by atoms with Crippen molar-refractivity contribution in [3.8, 4) is 0 Å². The molecule has 0 spiro atoms. The zero-order chi connectivity index (χ0) is 14.4. The normalized spacial score (nSPS) is 17.9. The van der Waals surface area contributed by atoms with Crippen LogP contribution in [0.3, 0.4) is 0 Å². The summed E-state index contributed by atoms with van der Waals surface area (Å²) in [6.07, 6.45) is 6.51. The average molecular weight is 281 g/mol. The first-order chi connectivity index (χ1) is 9.61. The van der Waals surface area contributed by atoms with E-state index in [0.717, 1.165) is 19.3 Å². The van der Waals surface area contributed by atoms with Gasteiger partial charge >= 0.3 is 0 Å². The Morgan fingerprint density at radius 1 is 1.50 bits per heavy atom. The number of rotatable bonds is 6. The summed E-state index contributed by atoms with van der Waals surface area (Å²) in [6, 6.07) is 1.75. The van der Waals surface area contributed by atoms with Gasteiger partial charge in [0.15, 0.2) is 5.82 Å². The van der Waals surface area contributed by atoms with Crippen molar-refractivity contribution in [1.82, 2.24) is 9.78 Å². The van der Waals surface area contributed by atoms with Gasteiger partial charge in [0, 0.05) is 19.4 Å². The fourth-order valence-corrected chi connectivity index (χ4v) is 2.61. The summed E-state index contributed by atoms with van der Waals surface area (Å²) in [7, 11) is 1.64. The highest BCUT2D eigenvalue weighted by molar-refractivity contribution is 5.90. The monoisotopic (exact) mass is 281 g/mol. The average Bonchev–Trinajstić information content (AvgIpc) is 2.84. The fourth-order valence-electron chi connectivity index (χ4n) is 2.61. The maximum atomic E-state index is 12.0. The van der Waals surface area contributed by atoms with Gasteiger partial charge in [-0.2, -0.15) is 5.10 Å². The van der Waals surface area contributed by atoms with Crippen molar-refractivity contribution in [2.24, 2.45) is 0 Å². The molecule has 112 valence electrons. The lowest BCUT2D eigenvalue weighted by Crippen LogP contribution is -2.36. The van der Waals surface area contributed by atoms with Crippen LogP contribution in [0.25, 0.3) is 0 Å². The molecule has 0 saturated heterocycles. The van der Waals surface area contributed by atoms with Crippen LogP contribution >= 0.6 is 0 Å². The molecule has 2 rings (SSSR count). The van der Waals surface area contributed by atoms with E-state index < -0.39 is 5.60 Å². The number of ether oxygens (including phenoxy) is 1. The first-order valence-electron chi connectivity index (χ1n) is 7.16. The second kappa shape index (κ2) is 6.85. The molecule has 6 nitrogen and oxygen atoms in total. The molecule has 1 aromatic heterocycles. The molecule has 0 bridgehead atoms. The van der Waals surface area contributed by atoms with E-state index in [1.807, 2.05) is 0 Å². The lowest BCUT2D eigenvalue weighted by Gasteiger charge is -2.31. The van der Waals surface area contributed by atoms with Crippen LogP contribution in [0.2, 0.25) is 0 Å². The van der Waals surface area contributed by atoms with Gasteiger partial charge in [-0.3, -0.25) is 9.48 Å². The number of carbonyl (C=O) groups is 1. The number of amides is 1. The number of nitrogens with zero attached hydrogens (tertiary/aromatic N) is 2. The van der Waals surface area contributed by atoms with Crippen LogP contribution in [0, 0.1) is 0 Å². The summed E-state index contributed by atoms with van der Waals surface area (Å²) < 4.78 is 6.69. The Balaban J connectivity index is 1.83. The highest BCUT2D eigenvalue weighted by Crippen LogP contribution is 2.30. The smallest absolute Gasteiger partial charge is 0.228 e. The van der Waals surface area contributed by atoms with Crippen molar-refractivity contribution in [2.45, 2.75) is 50.7 Å². The van der Waals surface area contributed by atoms with Gasteiger partial charge in [0.05, 0.1) is 25.2 Å². The van der Waals surface area contributed by atoms with Gasteiger partial charge < -0.3 is 15.2 Å². The van der Waals surface area contributed by atoms with E-state index in [0.29, 0.717) is 31.8 Å². The topological polar surface area (TPSA) is 76.4 Å². The van der Waals surface area contributed by atoms with Crippen molar-refractivity contribution in [1.29, 1.82) is 0 Å². The van der Waals surface area contributed by atoms with Crippen LogP contribution in [0.5, 0.6) is 0 Å². The molecule has 0 aromatic carbocycles. The molecule has 20 heavy (non-hydrogen) atoms. The van der Waals surface area contributed by atoms with Crippen LogP contribution < -0.4 is 5.32 Å². The van der Waals surface area contributed by atoms with E-state index >= 15 is 0 Å². The van der Waals surface area contributed by atoms with Crippen LogP contribution in [0.1, 0.15) is 38.5 Å². The lowest BCUT2D eigenvalue weighted by atomic mass is 9.82. The Kier molecular flexibility index (Phi) is 5.14. The predicted molar refractivity (Wildman–Crippen MR) is 75.4 cm³/mol. The number of methoxy groups -OCH3 is 1. The molecular weight excluding hydrogens is 258 g/mol. The molecule has 1 amide bonds. The molecule has 1 aromatic rings. The summed E-state index contributed by atoms with van der Waals surface area (Å²) in [4.78, 5) is 12.0. The molecule has 1 aliphatic rings. The molecule has 6 heteroatoms. The zero-order valence-corrected chi connectivity index (χ0v) is 12.0. The number of hydrogen-bond acceptors (Lipinski definition) is 4. The van der Waals surface area contributed by atoms with E-state index in [9.17, 15) is 9.90 Å². The highest BCUT2D eigenvalue weighted by Gasteiger charge is 2.31. The summed E-state index contributed by atoms with van der Waals surface area (Å²) in [6.45, 7) is 1.23. The van der Waals surface area contributed by atoms with Gasteiger partial charge in [0.1, 0.15) is 0 Å². The van der Waals surface area contributed by atoms with E-state index in [-0.39, 0.29) is 12.3 Å². The van der Waals surface area contributed by atoms with Gasteiger partial charge in [-0.25, -0.2) is 0 Å². The van der Waals surface area contributed by atoms with Gasteiger partial charge in [-0.05, 0) is 12.8 Å². The van der Waals surface area contributed by atoms with Crippen molar-refractivity contribution in [2.75, 3.05) is 19.0 Å². The minimum Gasteiger partial charge on any atom is -0.389 e. The summed E-state index contributed by atoms with van der Waals surface area (Å²) >= 11 is 0. The zero-order valence-electron chi connectivity index (χ0n) is 12.0. The minimum atomic E-state index is -0.832. The third-order valence-electron chi connectivity index (χ3n) is 3.71. The first kappa shape index (κ1) is 15.0. The van der Waals surface area contributed by atoms with Gasteiger partial charge in [0.2, 0.25) is 5.91 Å². The largest absolute Gasteiger partial charge is 0.389 e. The van der Waals surface area contributed by atoms with E-state index in [2.05, 4.69) is 10.4 Å². The molecule has 0 atom stereocenters. The Hall–Kier alpha value is -1.40. The third-order valence-corrected chi connectivity index (χ3v) is 3.71. The van der Waals surface area contributed by atoms with Crippen LogP contribution in [0.15, 0.2) is 12.3 Å². The summed E-state index contributed by atoms with van der Waals surface area (Å²) in [5.74, 6) is 0.344. The van der Waals surface area contributed by atoms with E-state index in [1.165, 1.54) is 0 Å². The summed E-state index contributed by atoms with van der Waals surface area (Å²) in [5, 5.41) is 17.3. The van der Waals surface area contributed by atoms with Gasteiger partial charge in [0.25, 0.3) is 0 Å². The number of nitrogens with one attached hydrogen (secondary N) is 1. The molecule has 2 N–H and O–H groups in total. The standard InChI is InChI=1S/C14H23N3O3/c1-20-10-9-17-8-5-12(16-17)15-13(18)11-14(19)6-3-2-4-7-14/h5,8,19H,2-4,6-7,9-11H2,1H3,(H,15,16,18). The molecule has 0 radical (unpaired) electrons. The lowest BCUT2D eigenvalue weighted by molar-refractivity contribution is -0.122. The molecule has 0 unspecified atom stereocenters. The Morgan fingerprint density at radius 2 is 2.25 bits per heavy atom. The molecule has 1 heterocycles. The molecule has 1 fully saturated rings. The first-order valence-corrected chi connectivity index (χ1v) is 7.16. The van der Waals surface area contributed by atoms with Crippen molar-refractivity contribution in [3.63, 3.8) is 0 Å². The fraction of sp³-hybridized carbons (Fsp3) is 0.714. The van der Waals surface area contributed by atoms with Crippen molar-refractivity contribution < 1.29 is 14.6 Å². The van der Waals surface area contributed by atoms with Crippen LogP contribution in [0.4, 0.5) is 5.82 Å². The van der Waals surface area contributed by atoms with E-state index in [1.54, 1.807) is 24.1 Å². The Labute approximate surface area is 119 Å². The Bertz CT molecular complexity index is 439. The van der Waals surface area contributed by atoms with Crippen LogP contribution in [-0.2, 0) is 16.1 Å². The van der Waals surface area contributed by atoms with Gasteiger partial charge in [-0.1, -0.05) is 19.3 Å². The highest BCUT2D eigenvalue weighted by atomic mass is 16.5. The predicted octanol–water partition coefficient (Wildman–Crippen LogP) is 1.55. The summed E-state index contributed by atoms with van der Waals surface area (Å²) in [5.41, 5.74) is -0.832. The van der Waals surface area contributed by atoms with Gasteiger partial charge in [-0.15, -0.1) is 0 Å². The number of hydrogen-bond donors (Lipinski definition) is 2. The van der Waals surface area contributed by atoms with Crippen molar-refractivity contribution >= 4 is 11.7 Å². The quantitative estimate of drug-likeness (QED) is 0.829. The minimum absolute atomic E-state index is 0.151.